The number of nitrogens with zero attached hydrogens (tertiary/aromatic N) is 3. The van der Waals surface area contributed by atoms with Crippen LogP contribution in [0.2, 0.25) is 0 Å². The fourth-order valence-electron chi connectivity index (χ4n) is 5.64. The molecule has 1 aromatic heterocycles. The Morgan fingerprint density at radius 1 is 1.09 bits per heavy atom. The number of fused-ring (bicyclic) bond motifs is 4. The quantitative estimate of drug-likeness (QED) is 0.638. The van der Waals surface area contributed by atoms with Gasteiger partial charge in [0.05, 0.1) is 0 Å². The Bertz CT molecular complexity index is 838. The molecule has 0 unspecified atom stereocenters. The monoisotopic (exact) mass is 487 g/mol. The minimum atomic E-state index is -0.285. The molecule has 182 valence electrons. The van der Waals surface area contributed by atoms with Gasteiger partial charge in [0, 0.05) is 68.9 Å². The summed E-state index contributed by atoms with van der Waals surface area (Å²) in [5.41, 5.74) is 2.03. The summed E-state index contributed by atoms with van der Waals surface area (Å²) in [6, 6.07) is 4.27. The highest BCUT2D eigenvalue weighted by Crippen LogP contribution is 2.35. The Morgan fingerprint density at radius 3 is 2.47 bits per heavy atom. The standard InChI is InChI=1S/C23H37N5O2.2ClH/c1-23(22(30)25-3)6-9-26(10-7-23)15-18-4-5-20-19-12-17(14-28(20)21(18)29)13-27(16-19)11-8-24-2;;/h4-5,17,19,24H,6-16H2,1-3H3,(H,25,30);2*1H/t17-,19+;;/m0../s1. The van der Waals surface area contributed by atoms with Gasteiger partial charge < -0.3 is 20.1 Å². The Morgan fingerprint density at radius 2 is 1.81 bits per heavy atom. The summed E-state index contributed by atoms with van der Waals surface area (Å²) >= 11 is 0. The van der Waals surface area contributed by atoms with Crippen molar-refractivity contribution < 1.29 is 4.79 Å². The zero-order chi connectivity index (χ0) is 21.3. The lowest BCUT2D eigenvalue weighted by Gasteiger charge is -2.43. The molecule has 2 bridgehead atoms. The van der Waals surface area contributed by atoms with Crippen LogP contribution in [-0.4, -0.2) is 73.6 Å². The van der Waals surface area contributed by atoms with Crippen molar-refractivity contribution in [2.45, 2.75) is 45.2 Å². The van der Waals surface area contributed by atoms with E-state index >= 15 is 0 Å². The maximum Gasteiger partial charge on any atom is 0.255 e. The molecule has 1 aromatic rings. The molecule has 2 atom stereocenters. The number of carbonyl (C=O) groups is 1. The molecule has 32 heavy (non-hydrogen) atoms. The zero-order valence-electron chi connectivity index (χ0n) is 19.6. The molecule has 4 rings (SSSR count). The maximum absolute atomic E-state index is 13.3. The predicted molar refractivity (Wildman–Crippen MR) is 133 cm³/mol. The molecule has 0 aromatic carbocycles. The van der Waals surface area contributed by atoms with Gasteiger partial charge in [-0.05, 0) is 51.4 Å². The third-order valence-corrected chi connectivity index (χ3v) is 7.57. The number of nitrogens with one attached hydrogen (secondary N) is 2. The first-order chi connectivity index (χ1) is 14.4. The Hall–Kier alpha value is -1.12. The zero-order valence-corrected chi connectivity index (χ0v) is 21.2. The number of likely N-dealkylation sites (N-methyl/N-ethyl adjacent to an activating group) is 1. The van der Waals surface area contributed by atoms with Crippen LogP contribution in [0.5, 0.6) is 0 Å². The molecule has 9 heteroatoms. The van der Waals surface area contributed by atoms with Gasteiger partial charge in [0.15, 0.2) is 0 Å². The van der Waals surface area contributed by atoms with Crippen molar-refractivity contribution in [2.75, 3.05) is 53.4 Å². The fraction of sp³-hybridized carbons (Fsp3) is 0.739. The molecule has 0 spiro atoms. The average Bonchev–Trinajstić information content (AvgIpc) is 2.75. The Balaban J connectivity index is 0.00000181. The summed E-state index contributed by atoms with van der Waals surface area (Å²) in [6.07, 6.45) is 2.89. The highest BCUT2D eigenvalue weighted by Gasteiger charge is 2.37. The van der Waals surface area contributed by atoms with E-state index in [0.717, 1.165) is 64.2 Å². The number of pyridine rings is 1. The van der Waals surface area contributed by atoms with E-state index in [4.69, 9.17) is 0 Å². The molecule has 2 saturated heterocycles. The largest absolute Gasteiger partial charge is 0.359 e. The first kappa shape index (κ1) is 27.1. The molecule has 0 saturated carbocycles. The predicted octanol–water partition coefficient (Wildman–Crippen LogP) is 1.68. The summed E-state index contributed by atoms with van der Waals surface area (Å²) in [4.78, 5) is 30.3. The van der Waals surface area contributed by atoms with E-state index in [1.54, 1.807) is 7.05 Å². The molecule has 0 aliphatic carbocycles. The van der Waals surface area contributed by atoms with E-state index in [1.165, 1.54) is 12.1 Å². The van der Waals surface area contributed by atoms with Gasteiger partial charge in [0.25, 0.3) is 5.56 Å². The van der Waals surface area contributed by atoms with Crippen molar-refractivity contribution in [3.05, 3.63) is 33.7 Å². The van der Waals surface area contributed by atoms with Crippen molar-refractivity contribution in [3.63, 3.8) is 0 Å². The lowest BCUT2D eigenvalue weighted by molar-refractivity contribution is -0.132. The van der Waals surface area contributed by atoms with E-state index < -0.39 is 0 Å². The Kier molecular flexibility index (Phi) is 9.61. The van der Waals surface area contributed by atoms with E-state index in [2.05, 4.69) is 44.1 Å². The van der Waals surface area contributed by atoms with Crippen molar-refractivity contribution in [2.24, 2.45) is 11.3 Å². The molecular formula is C23H39Cl2N5O2. The third-order valence-electron chi connectivity index (χ3n) is 7.57. The summed E-state index contributed by atoms with van der Waals surface area (Å²) in [7, 11) is 3.71. The van der Waals surface area contributed by atoms with Crippen LogP contribution >= 0.6 is 24.8 Å². The molecule has 1 amide bonds. The first-order valence-corrected chi connectivity index (χ1v) is 11.5. The minimum Gasteiger partial charge on any atom is -0.359 e. The highest BCUT2D eigenvalue weighted by atomic mass is 35.5. The molecule has 4 heterocycles. The topological polar surface area (TPSA) is 69.6 Å². The second-order valence-electron chi connectivity index (χ2n) is 9.78. The number of hydrogen-bond donors (Lipinski definition) is 2. The van der Waals surface area contributed by atoms with Crippen LogP contribution in [-0.2, 0) is 17.9 Å². The molecule has 3 aliphatic heterocycles. The second-order valence-corrected chi connectivity index (χ2v) is 9.78. The van der Waals surface area contributed by atoms with Crippen molar-refractivity contribution >= 4 is 30.7 Å². The van der Waals surface area contributed by atoms with Crippen molar-refractivity contribution in [1.82, 2.24) is 25.0 Å². The van der Waals surface area contributed by atoms with Crippen LogP contribution in [0, 0.1) is 11.3 Å². The van der Waals surface area contributed by atoms with Gasteiger partial charge in [0.1, 0.15) is 0 Å². The van der Waals surface area contributed by atoms with Gasteiger partial charge in [-0.15, -0.1) is 24.8 Å². The summed E-state index contributed by atoms with van der Waals surface area (Å²) in [5.74, 6) is 1.18. The van der Waals surface area contributed by atoms with E-state index in [1.807, 2.05) is 7.05 Å². The van der Waals surface area contributed by atoms with Crippen LogP contribution in [0.15, 0.2) is 16.9 Å². The molecule has 3 aliphatic rings. The van der Waals surface area contributed by atoms with Crippen molar-refractivity contribution in [3.8, 4) is 0 Å². The molecular weight excluding hydrogens is 449 g/mol. The molecule has 2 N–H and O–H groups in total. The highest BCUT2D eigenvalue weighted by molar-refractivity contribution is 5.85. The van der Waals surface area contributed by atoms with Crippen molar-refractivity contribution in [1.29, 1.82) is 0 Å². The smallest absolute Gasteiger partial charge is 0.255 e. The average molecular weight is 489 g/mol. The number of amides is 1. The number of rotatable bonds is 6. The number of carbonyl (C=O) groups excluding carboxylic acids is 1. The number of halogens is 2. The molecule has 2 fully saturated rings. The molecule has 0 radical (unpaired) electrons. The lowest BCUT2D eigenvalue weighted by Crippen LogP contribution is -2.49. The third kappa shape index (κ3) is 5.50. The number of likely N-dealkylation sites (tertiary alicyclic amines) is 2. The summed E-state index contributed by atoms with van der Waals surface area (Å²) < 4.78 is 2.07. The SMILES string of the molecule is CNCCN1C[C@@H]2C[C@H](C1)c1ccc(CN3CCC(C)(C(=O)NC)CC3)c(=O)n1C2.Cl.Cl. The van der Waals surface area contributed by atoms with Gasteiger partial charge in [-0.2, -0.15) is 0 Å². The minimum absolute atomic E-state index is 0. The number of hydrogen-bond acceptors (Lipinski definition) is 5. The van der Waals surface area contributed by atoms with Gasteiger partial charge in [-0.1, -0.05) is 13.0 Å². The van der Waals surface area contributed by atoms with Crippen LogP contribution in [0.3, 0.4) is 0 Å². The van der Waals surface area contributed by atoms with Gasteiger partial charge >= 0.3 is 0 Å². The lowest BCUT2D eigenvalue weighted by atomic mass is 9.79. The second kappa shape index (κ2) is 11.3. The Labute approximate surface area is 204 Å². The van der Waals surface area contributed by atoms with E-state index in [0.29, 0.717) is 18.4 Å². The number of aromatic nitrogens is 1. The number of piperidine rings is 2. The summed E-state index contributed by atoms with van der Waals surface area (Å²) in [5, 5.41) is 6.04. The van der Waals surface area contributed by atoms with Crippen LogP contribution < -0.4 is 16.2 Å². The van der Waals surface area contributed by atoms with E-state index in [-0.39, 0.29) is 41.7 Å². The normalized spacial score (nSPS) is 24.6. The molecule has 7 nitrogen and oxygen atoms in total. The fourth-order valence-corrected chi connectivity index (χ4v) is 5.64. The van der Waals surface area contributed by atoms with Crippen LogP contribution in [0.4, 0.5) is 0 Å². The van der Waals surface area contributed by atoms with Gasteiger partial charge in [-0.3, -0.25) is 14.5 Å². The van der Waals surface area contributed by atoms with Gasteiger partial charge in [0.2, 0.25) is 5.91 Å². The van der Waals surface area contributed by atoms with Gasteiger partial charge in [-0.25, -0.2) is 0 Å². The van der Waals surface area contributed by atoms with E-state index in [9.17, 15) is 9.59 Å². The van der Waals surface area contributed by atoms with Crippen LogP contribution in [0.1, 0.15) is 43.4 Å². The van der Waals surface area contributed by atoms with Crippen LogP contribution in [0.25, 0.3) is 0 Å². The maximum atomic E-state index is 13.3. The first-order valence-electron chi connectivity index (χ1n) is 11.5. The summed E-state index contributed by atoms with van der Waals surface area (Å²) in [6.45, 7) is 9.55.